The summed E-state index contributed by atoms with van der Waals surface area (Å²) in [6, 6.07) is 16.3. The third kappa shape index (κ3) is 6.36. The first-order valence-corrected chi connectivity index (χ1v) is 9.26. The number of ether oxygens (including phenoxy) is 2. The average Bonchev–Trinajstić information content (AvgIpc) is 2.65. The lowest BCUT2D eigenvalue weighted by Crippen LogP contribution is -2.40. The Kier molecular flexibility index (Phi) is 7.95. The van der Waals surface area contributed by atoms with Gasteiger partial charge in [-0.15, -0.1) is 0 Å². The normalized spacial score (nSPS) is 13.5. The van der Waals surface area contributed by atoms with Crippen LogP contribution in [0.3, 0.4) is 0 Å². The smallest absolute Gasteiger partial charge is 0.119 e. The van der Waals surface area contributed by atoms with Gasteiger partial charge in [0.05, 0.1) is 7.11 Å². The molecule has 2 aromatic carbocycles. The molecule has 0 saturated carbocycles. The van der Waals surface area contributed by atoms with E-state index in [2.05, 4.69) is 49.9 Å². The summed E-state index contributed by atoms with van der Waals surface area (Å²) in [5, 5.41) is 10.5. The van der Waals surface area contributed by atoms with Crippen LogP contribution in [0, 0.1) is 6.92 Å². The van der Waals surface area contributed by atoms with Gasteiger partial charge in [0.15, 0.2) is 0 Å². The fourth-order valence-electron chi connectivity index (χ4n) is 2.89. The third-order valence-electron chi connectivity index (χ3n) is 4.63. The molecular weight excluding hydrogens is 326 g/mol. The molecule has 0 bridgehead atoms. The largest absolute Gasteiger partial charge is 0.497 e. The number of aliphatic hydroxyl groups excluding tert-OH is 1. The minimum absolute atomic E-state index is 0.271. The van der Waals surface area contributed by atoms with Crippen LogP contribution in [0.15, 0.2) is 48.5 Å². The van der Waals surface area contributed by atoms with Crippen LogP contribution in [-0.4, -0.2) is 42.4 Å². The molecule has 0 saturated heterocycles. The Morgan fingerprint density at radius 1 is 1.08 bits per heavy atom. The molecule has 0 amide bonds. The Morgan fingerprint density at radius 2 is 1.77 bits per heavy atom. The van der Waals surface area contributed by atoms with E-state index in [0.717, 1.165) is 24.5 Å². The molecule has 2 atom stereocenters. The molecule has 0 aliphatic rings. The summed E-state index contributed by atoms with van der Waals surface area (Å²) in [6.07, 6.45) is 0.494. The quantitative estimate of drug-likeness (QED) is 0.697. The van der Waals surface area contributed by atoms with E-state index in [1.54, 1.807) is 7.11 Å². The zero-order valence-corrected chi connectivity index (χ0v) is 16.3. The number of nitrogens with zero attached hydrogens (tertiary/aromatic N) is 1. The van der Waals surface area contributed by atoms with Crippen LogP contribution < -0.4 is 9.47 Å². The van der Waals surface area contributed by atoms with Gasteiger partial charge in [-0.1, -0.05) is 36.8 Å². The molecule has 2 rings (SSSR count). The topological polar surface area (TPSA) is 41.9 Å². The Bertz CT molecular complexity index is 657. The molecule has 1 N–H and O–H groups in total. The second-order valence-corrected chi connectivity index (χ2v) is 6.82. The molecule has 26 heavy (non-hydrogen) atoms. The summed E-state index contributed by atoms with van der Waals surface area (Å²) < 4.78 is 10.9. The Balaban J connectivity index is 1.91. The van der Waals surface area contributed by atoms with Crippen molar-refractivity contribution in [3.05, 3.63) is 59.7 Å². The molecule has 0 radical (unpaired) electrons. The number of benzene rings is 2. The number of methoxy groups -OCH3 is 1. The van der Waals surface area contributed by atoms with E-state index in [9.17, 15) is 5.11 Å². The molecule has 4 heteroatoms. The Hall–Kier alpha value is -2.04. The van der Waals surface area contributed by atoms with E-state index in [1.165, 1.54) is 11.1 Å². The molecule has 0 heterocycles. The Morgan fingerprint density at radius 3 is 2.38 bits per heavy atom. The van der Waals surface area contributed by atoms with Gasteiger partial charge in [0.25, 0.3) is 0 Å². The van der Waals surface area contributed by atoms with Crippen molar-refractivity contribution in [2.45, 2.75) is 45.9 Å². The number of hydrogen-bond donors (Lipinski definition) is 1. The maximum absolute atomic E-state index is 10.5. The first-order valence-electron chi connectivity index (χ1n) is 9.26. The number of aryl methyl sites for hydroxylation is 1. The van der Waals surface area contributed by atoms with Crippen molar-refractivity contribution in [1.29, 1.82) is 0 Å². The summed E-state index contributed by atoms with van der Waals surface area (Å²) in [6.45, 7) is 8.16. The lowest BCUT2D eigenvalue weighted by molar-refractivity contribution is 0.0506. The predicted molar refractivity (Wildman–Crippen MR) is 106 cm³/mol. The van der Waals surface area contributed by atoms with Crippen molar-refractivity contribution in [3.8, 4) is 11.5 Å². The van der Waals surface area contributed by atoms with Crippen molar-refractivity contribution in [2.75, 3.05) is 20.3 Å². The van der Waals surface area contributed by atoms with Crippen LogP contribution in [-0.2, 0) is 6.54 Å². The molecule has 0 aromatic heterocycles. The second kappa shape index (κ2) is 10.2. The minimum Gasteiger partial charge on any atom is -0.497 e. The van der Waals surface area contributed by atoms with Crippen LogP contribution in [0.1, 0.15) is 31.4 Å². The van der Waals surface area contributed by atoms with Crippen LogP contribution in [0.25, 0.3) is 0 Å². The highest BCUT2D eigenvalue weighted by Gasteiger charge is 2.17. The zero-order valence-electron chi connectivity index (χ0n) is 16.3. The maximum atomic E-state index is 10.5. The van der Waals surface area contributed by atoms with Gasteiger partial charge in [-0.2, -0.15) is 0 Å². The SMILES string of the molecule is CC[C@@H](C)N(Cc1cccc(C)c1)C[C@@H](O)COc1ccc(OC)cc1. The second-order valence-electron chi connectivity index (χ2n) is 6.82. The summed E-state index contributed by atoms with van der Waals surface area (Å²) in [7, 11) is 1.64. The molecular formula is C22H31NO3. The first-order chi connectivity index (χ1) is 12.5. The van der Waals surface area contributed by atoms with Gasteiger partial charge < -0.3 is 14.6 Å². The zero-order chi connectivity index (χ0) is 18.9. The fraction of sp³-hybridized carbons (Fsp3) is 0.455. The van der Waals surface area contributed by atoms with Crippen molar-refractivity contribution < 1.29 is 14.6 Å². The monoisotopic (exact) mass is 357 g/mol. The molecule has 2 aromatic rings. The highest BCUT2D eigenvalue weighted by molar-refractivity contribution is 5.31. The predicted octanol–water partition coefficient (Wildman–Crippen LogP) is 4.04. The molecule has 0 aliphatic heterocycles. The molecule has 0 aliphatic carbocycles. The molecule has 142 valence electrons. The van der Waals surface area contributed by atoms with Crippen LogP contribution in [0.4, 0.5) is 0 Å². The van der Waals surface area contributed by atoms with E-state index >= 15 is 0 Å². The van der Waals surface area contributed by atoms with Gasteiger partial charge in [-0.3, -0.25) is 4.90 Å². The Labute approximate surface area is 157 Å². The number of rotatable bonds is 10. The summed E-state index contributed by atoms with van der Waals surface area (Å²) in [4.78, 5) is 2.32. The maximum Gasteiger partial charge on any atom is 0.119 e. The van der Waals surface area contributed by atoms with Crippen molar-refractivity contribution in [2.24, 2.45) is 0 Å². The van der Waals surface area contributed by atoms with Gasteiger partial charge in [-0.05, 0) is 50.1 Å². The molecule has 0 fully saturated rings. The lowest BCUT2D eigenvalue weighted by atomic mass is 10.1. The first kappa shape index (κ1) is 20.3. The number of hydrogen-bond acceptors (Lipinski definition) is 4. The highest BCUT2D eigenvalue weighted by atomic mass is 16.5. The molecule has 0 unspecified atom stereocenters. The van der Waals surface area contributed by atoms with Crippen LogP contribution in [0.5, 0.6) is 11.5 Å². The van der Waals surface area contributed by atoms with Crippen molar-refractivity contribution >= 4 is 0 Å². The van der Waals surface area contributed by atoms with Crippen molar-refractivity contribution in [3.63, 3.8) is 0 Å². The van der Waals surface area contributed by atoms with Gasteiger partial charge in [-0.25, -0.2) is 0 Å². The van der Waals surface area contributed by atoms with Gasteiger partial charge in [0.2, 0.25) is 0 Å². The minimum atomic E-state index is -0.545. The highest BCUT2D eigenvalue weighted by Crippen LogP contribution is 2.18. The van der Waals surface area contributed by atoms with Crippen LogP contribution >= 0.6 is 0 Å². The number of aliphatic hydroxyl groups is 1. The summed E-state index contributed by atoms with van der Waals surface area (Å²) in [5.74, 6) is 1.53. The van der Waals surface area contributed by atoms with E-state index in [1.807, 2.05) is 24.3 Å². The van der Waals surface area contributed by atoms with Gasteiger partial charge in [0, 0.05) is 19.1 Å². The fourth-order valence-corrected chi connectivity index (χ4v) is 2.89. The third-order valence-corrected chi connectivity index (χ3v) is 4.63. The molecule has 4 nitrogen and oxygen atoms in total. The standard InChI is InChI=1S/C22H31NO3/c1-5-18(3)23(14-19-8-6-7-17(2)13-19)15-20(24)16-26-22-11-9-21(25-4)10-12-22/h6-13,18,20,24H,5,14-16H2,1-4H3/t18-,20-/m1/s1. The molecule has 0 spiro atoms. The van der Waals surface area contributed by atoms with Gasteiger partial charge >= 0.3 is 0 Å². The van der Waals surface area contributed by atoms with E-state index in [4.69, 9.17) is 9.47 Å². The van der Waals surface area contributed by atoms with E-state index in [0.29, 0.717) is 12.6 Å². The lowest BCUT2D eigenvalue weighted by Gasteiger charge is -2.30. The average molecular weight is 357 g/mol. The van der Waals surface area contributed by atoms with Crippen LogP contribution in [0.2, 0.25) is 0 Å². The van der Waals surface area contributed by atoms with E-state index < -0.39 is 6.10 Å². The summed E-state index contributed by atoms with van der Waals surface area (Å²) >= 11 is 0. The van der Waals surface area contributed by atoms with E-state index in [-0.39, 0.29) is 6.61 Å². The van der Waals surface area contributed by atoms with Crippen molar-refractivity contribution in [1.82, 2.24) is 4.90 Å². The summed E-state index contributed by atoms with van der Waals surface area (Å²) in [5.41, 5.74) is 2.53. The van der Waals surface area contributed by atoms with Gasteiger partial charge in [0.1, 0.15) is 24.2 Å².